The van der Waals surface area contributed by atoms with Crippen LogP contribution in [0.4, 0.5) is 0 Å². The first kappa shape index (κ1) is 21.3. The SMILES string of the molecule is C=C(C)C(=O)NCCCOS(=O)(=O)CCC(C)(C)N.O. The van der Waals surface area contributed by atoms with Gasteiger partial charge in [0.1, 0.15) is 0 Å². The summed E-state index contributed by atoms with van der Waals surface area (Å²) in [5.74, 6) is -0.345. The monoisotopic (exact) mass is 310 g/mol. The fraction of sp³-hybridized carbons (Fsp3) is 0.750. The molecule has 0 saturated heterocycles. The van der Waals surface area contributed by atoms with Gasteiger partial charge in [0.05, 0.1) is 12.4 Å². The van der Waals surface area contributed by atoms with E-state index in [2.05, 4.69) is 11.9 Å². The number of hydrogen-bond acceptors (Lipinski definition) is 5. The molecular formula is C12H26N2O5S. The van der Waals surface area contributed by atoms with E-state index in [-0.39, 0.29) is 23.7 Å². The predicted molar refractivity (Wildman–Crippen MR) is 78.7 cm³/mol. The first-order chi connectivity index (χ1) is 8.53. The van der Waals surface area contributed by atoms with Gasteiger partial charge >= 0.3 is 0 Å². The number of carbonyl (C=O) groups excluding carboxylic acids is 1. The van der Waals surface area contributed by atoms with Crippen LogP contribution in [0.15, 0.2) is 12.2 Å². The van der Waals surface area contributed by atoms with Crippen LogP contribution in [-0.2, 0) is 19.1 Å². The third-order valence-electron chi connectivity index (χ3n) is 2.25. The van der Waals surface area contributed by atoms with Gasteiger partial charge in [0.25, 0.3) is 10.1 Å². The van der Waals surface area contributed by atoms with Crippen LogP contribution in [0.2, 0.25) is 0 Å². The zero-order valence-corrected chi connectivity index (χ0v) is 13.2. The average Bonchev–Trinajstić information content (AvgIpc) is 2.24. The molecule has 0 aromatic heterocycles. The van der Waals surface area contributed by atoms with Crippen LogP contribution < -0.4 is 11.1 Å². The van der Waals surface area contributed by atoms with Crippen molar-refractivity contribution in [3.05, 3.63) is 12.2 Å². The summed E-state index contributed by atoms with van der Waals surface area (Å²) in [6.07, 6.45) is 0.756. The summed E-state index contributed by atoms with van der Waals surface area (Å²) in [5, 5.41) is 2.59. The third kappa shape index (κ3) is 12.1. The summed E-state index contributed by atoms with van der Waals surface area (Å²) in [5.41, 5.74) is 5.58. The van der Waals surface area contributed by atoms with Gasteiger partial charge in [-0.1, -0.05) is 6.58 Å². The van der Waals surface area contributed by atoms with Crippen LogP contribution in [-0.4, -0.2) is 44.2 Å². The standard InChI is InChI=1S/C12H24N2O4S.H2O/c1-10(2)11(15)14-7-5-8-18-19(16,17)9-6-12(3,4)13;/h1,5-9,13H2,2-4H3,(H,14,15);1H2. The Morgan fingerprint density at radius 1 is 1.40 bits per heavy atom. The summed E-state index contributed by atoms with van der Waals surface area (Å²) >= 11 is 0. The second-order valence-electron chi connectivity index (χ2n) is 5.21. The van der Waals surface area contributed by atoms with E-state index in [1.165, 1.54) is 0 Å². The van der Waals surface area contributed by atoms with Gasteiger partial charge in [0, 0.05) is 17.7 Å². The molecule has 0 aliphatic rings. The molecule has 0 atom stereocenters. The lowest BCUT2D eigenvalue weighted by Gasteiger charge is -2.17. The van der Waals surface area contributed by atoms with E-state index in [1.54, 1.807) is 20.8 Å². The largest absolute Gasteiger partial charge is 0.412 e. The molecule has 0 unspecified atom stereocenters. The minimum Gasteiger partial charge on any atom is -0.412 e. The van der Waals surface area contributed by atoms with Crippen molar-refractivity contribution in [2.45, 2.75) is 39.2 Å². The summed E-state index contributed by atoms with van der Waals surface area (Å²) in [6, 6.07) is 0. The van der Waals surface area contributed by atoms with Crippen LogP contribution in [0, 0.1) is 0 Å². The van der Waals surface area contributed by atoms with Gasteiger partial charge in [-0.25, -0.2) is 0 Å². The highest BCUT2D eigenvalue weighted by atomic mass is 32.2. The van der Waals surface area contributed by atoms with Crippen molar-refractivity contribution >= 4 is 16.0 Å². The van der Waals surface area contributed by atoms with E-state index < -0.39 is 15.7 Å². The lowest BCUT2D eigenvalue weighted by molar-refractivity contribution is -0.117. The van der Waals surface area contributed by atoms with Crippen LogP contribution in [0.3, 0.4) is 0 Å². The van der Waals surface area contributed by atoms with Crippen LogP contribution in [0.5, 0.6) is 0 Å². The molecule has 0 bridgehead atoms. The smallest absolute Gasteiger partial charge is 0.267 e. The Hall–Kier alpha value is -0.960. The minimum absolute atomic E-state index is 0. The van der Waals surface area contributed by atoms with Crippen molar-refractivity contribution in [2.24, 2.45) is 5.73 Å². The highest BCUT2D eigenvalue weighted by Gasteiger charge is 2.18. The lowest BCUT2D eigenvalue weighted by atomic mass is 10.0. The maximum atomic E-state index is 11.5. The second-order valence-corrected chi connectivity index (χ2v) is 6.97. The van der Waals surface area contributed by atoms with Gasteiger partial charge in [-0.3, -0.25) is 8.98 Å². The first-order valence-corrected chi connectivity index (χ1v) is 7.71. The van der Waals surface area contributed by atoms with Crippen molar-refractivity contribution in [2.75, 3.05) is 18.9 Å². The molecule has 0 radical (unpaired) electrons. The van der Waals surface area contributed by atoms with Crippen molar-refractivity contribution in [3.8, 4) is 0 Å². The molecule has 8 heteroatoms. The zero-order chi connectivity index (χ0) is 15.1. The number of amides is 1. The van der Waals surface area contributed by atoms with E-state index in [4.69, 9.17) is 9.92 Å². The number of nitrogens with two attached hydrogens (primary N) is 1. The molecule has 7 nitrogen and oxygen atoms in total. The Bertz CT molecular complexity index is 412. The van der Waals surface area contributed by atoms with Crippen molar-refractivity contribution in [3.63, 3.8) is 0 Å². The van der Waals surface area contributed by atoms with Crippen LogP contribution >= 0.6 is 0 Å². The lowest BCUT2D eigenvalue weighted by Crippen LogP contribution is -2.34. The number of carbonyl (C=O) groups is 1. The minimum atomic E-state index is -3.54. The molecule has 20 heavy (non-hydrogen) atoms. The predicted octanol–water partition coefficient (Wildman–Crippen LogP) is -0.282. The molecule has 5 N–H and O–H groups in total. The average molecular weight is 310 g/mol. The van der Waals surface area contributed by atoms with E-state index in [0.29, 0.717) is 25.0 Å². The molecule has 0 aliphatic carbocycles. The van der Waals surface area contributed by atoms with E-state index in [0.717, 1.165) is 0 Å². The summed E-state index contributed by atoms with van der Waals surface area (Å²) in [7, 11) is -3.54. The fourth-order valence-corrected chi connectivity index (χ4v) is 2.32. The Labute approximate surface area is 121 Å². The Balaban J connectivity index is 0. The molecule has 0 spiro atoms. The zero-order valence-electron chi connectivity index (χ0n) is 12.4. The van der Waals surface area contributed by atoms with Gasteiger partial charge in [0.2, 0.25) is 5.91 Å². The van der Waals surface area contributed by atoms with Gasteiger partial charge in [-0.2, -0.15) is 8.42 Å². The quantitative estimate of drug-likeness (QED) is 0.343. The third-order valence-corrected chi connectivity index (χ3v) is 3.48. The summed E-state index contributed by atoms with van der Waals surface area (Å²) in [4.78, 5) is 11.1. The number of rotatable bonds is 9. The van der Waals surface area contributed by atoms with E-state index in [1.807, 2.05) is 0 Å². The van der Waals surface area contributed by atoms with Gasteiger partial charge in [0.15, 0.2) is 0 Å². The van der Waals surface area contributed by atoms with Crippen molar-refractivity contribution < 1.29 is 22.9 Å². The molecular weight excluding hydrogens is 284 g/mol. The van der Waals surface area contributed by atoms with Gasteiger partial charge in [-0.05, 0) is 33.6 Å². The number of nitrogens with one attached hydrogen (secondary N) is 1. The van der Waals surface area contributed by atoms with Crippen LogP contribution in [0.25, 0.3) is 0 Å². The molecule has 0 saturated carbocycles. The molecule has 0 aromatic carbocycles. The molecule has 0 aromatic rings. The maximum Gasteiger partial charge on any atom is 0.267 e. The molecule has 120 valence electrons. The van der Waals surface area contributed by atoms with Crippen LogP contribution in [0.1, 0.15) is 33.6 Å². The summed E-state index contributed by atoms with van der Waals surface area (Å²) < 4.78 is 27.8. The molecule has 0 aliphatic heterocycles. The maximum absolute atomic E-state index is 11.5. The van der Waals surface area contributed by atoms with Gasteiger partial charge < -0.3 is 16.5 Å². The molecule has 1 amide bonds. The normalized spacial score (nSPS) is 11.6. The Kier molecular flexibility index (Phi) is 9.67. The Morgan fingerprint density at radius 2 is 1.95 bits per heavy atom. The second kappa shape index (κ2) is 9.06. The highest BCUT2D eigenvalue weighted by molar-refractivity contribution is 7.86. The van der Waals surface area contributed by atoms with E-state index >= 15 is 0 Å². The molecule has 0 rings (SSSR count). The fourth-order valence-electron chi connectivity index (χ4n) is 1.06. The Morgan fingerprint density at radius 3 is 2.40 bits per heavy atom. The number of hydrogen-bond donors (Lipinski definition) is 2. The summed E-state index contributed by atoms with van der Waals surface area (Å²) in [6.45, 7) is 9.01. The van der Waals surface area contributed by atoms with Crippen molar-refractivity contribution in [1.29, 1.82) is 0 Å². The highest BCUT2D eigenvalue weighted by Crippen LogP contribution is 2.07. The van der Waals surface area contributed by atoms with Crippen molar-refractivity contribution in [1.82, 2.24) is 5.32 Å². The topological polar surface area (TPSA) is 130 Å². The van der Waals surface area contributed by atoms with E-state index in [9.17, 15) is 13.2 Å². The molecule has 0 heterocycles. The van der Waals surface area contributed by atoms with Gasteiger partial charge in [-0.15, -0.1) is 0 Å². The first-order valence-electron chi connectivity index (χ1n) is 6.13. The molecule has 0 fully saturated rings.